The number of rotatable bonds is 8. The highest BCUT2D eigenvalue weighted by Crippen LogP contribution is 2.38. The standard InChI is InChI=1S/C31H30ClN3O5S/c1-6-34(7-2)30(37)27-18(3)33-31-35(28(27)23-16-21(38-4)12-15-25(23)39-5)29(36)26(41-31)17-22-13-14-24(40-22)19-8-10-20(32)11-9-19/h8-17,28H,6-7H2,1-5H3/b26-17+/t28-/m0/s1. The lowest BCUT2D eigenvalue weighted by molar-refractivity contribution is -0.127. The van der Waals surface area contributed by atoms with E-state index in [2.05, 4.69) is 0 Å². The van der Waals surface area contributed by atoms with Crippen molar-refractivity contribution < 1.29 is 18.7 Å². The first-order valence-corrected chi connectivity index (χ1v) is 14.4. The van der Waals surface area contributed by atoms with Crippen LogP contribution in [0, 0.1) is 0 Å². The predicted octanol–water partition coefficient (Wildman–Crippen LogP) is 5.03. The van der Waals surface area contributed by atoms with Crippen molar-refractivity contribution in [2.75, 3.05) is 27.3 Å². The van der Waals surface area contributed by atoms with E-state index >= 15 is 0 Å². The molecule has 0 saturated carbocycles. The quantitative estimate of drug-likeness (QED) is 0.287. The number of furan rings is 1. The highest BCUT2D eigenvalue weighted by molar-refractivity contribution is 7.07. The van der Waals surface area contributed by atoms with Gasteiger partial charge in [-0.05, 0) is 75.4 Å². The molecule has 1 aliphatic rings. The normalized spacial score (nSPS) is 15.0. The van der Waals surface area contributed by atoms with Crippen LogP contribution in [0.2, 0.25) is 5.02 Å². The molecule has 212 valence electrons. The maximum Gasteiger partial charge on any atom is 0.271 e. The van der Waals surface area contributed by atoms with E-state index in [9.17, 15) is 9.59 Å². The van der Waals surface area contributed by atoms with Gasteiger partial charge in [0.2, 0.25) is 0 Å². The number of amides is 1. The van der Waals surface area contributed by atoms with E-state index in [-0.39, 0.29) is 11.5 Å². The molecule has 1 atom stereocenters. The van der Waals surface area contributed by atoms with Gasteiger partial charge in [-0.3, -0.25) is 14.2 Å². The Morgan fingerprint density at radius 3 is 2.49 bits per heavy atom. The summed E-state index contributed by atoms with van der Waals surface area (Å²) in [5.41, 5.74) is 2.18. The van der Waals surface area contributed by atoms with E-state index in [0.29, 0.717) is 67.3 Å². The van der Waals surface area contributed by atoms with E-state index in [1.54, 1.807) is 67.0 Å². The molecule has 5 rings (SSSR count). The molecule has 0 spiro atoms. The summed E-state index contributed by atoms with van der Waals surface area (Å²) >= 11 is 7.26. The third-order valence-corrected chi connectivity index (χ3v) is 8.30. The zero-order valence-corrected chi connectivity index (χ0v) is 25.0. The summed E-state index contributed by atoms with van der Waals surface area (Å²) in [5.74, 6) is 2.11. The van der Waals surface area contributed by atoms with Crippen LogP contribution in [0.5, 0.6) is 11.5 Å². The van der Waals surface area contributed by atoms with Crippen LogP contribution in [0.25, 0.3) is 17.4 Å². The van der Waals surface area contributed by atoms with Crippen molar-refractivity contribution in [3.8, 4) is 22.8 Å². The van der Waals surface area contributed by atoms with Crippen LogP contribution >= 0.6 is 22.9 Å². The van der Waals surface area contributed by atoms with E-state index in [1.807, 2.05) is 38.1 Å². The van der Waals surface area contributed by atoms with E-state index in [0.717, 1.165) is 5.56 Å². The molecule has 0 unspecified atom stereocenters. The number of nitrogens with zero attached hydrogens (tertiary/aromatic N) is 3. The van der Waals surface area contributed by atoms with Crippen molar-refractivity contribution in [1.82, 2.24) is 9.47 Å². The molecule has 0 aliphatic carbocycles. The largest absolute Gasteiger partial charge is 0.497 e. The fraction of sp³-hybridized carbons (Fsp3) is 0.258. The van der Waals surface area contributed by atoms with Gasteiger partial charge in [0.1, 0.15) is 29.1 Å². The molecule has 0 fully saturated rings. The second kappa shape index (κ2) is 11.8. The molecule has 41 heavy (non-hydrogen) atoms. The molecular weight excluding hydrogens is 562 g/mol. The van der Waals surface area contributed by atoms with E-state index < -0.39 is 6.04 Å². The Kier molecular flexibility index (Phi) is 8.19. The minimum atomic E-state index is -0.771. The number of fused-ring (bicyclic) bond motifs is 1. The summed E-state index contributed by atoms with van der Waals surface area (Å²) in [4.78, 5) is 34.9. The maximum absolute atomic E-state index is 14.1. The summed E-state index contributed by atoms with van der Waals surface area (Å²) < 4.78 is 19.3. The molecule has 0 radical (unpaired) electrons. The Balaban J connectivity index is 1.70. The first-order chi connectivity index (χ1) is 19.8. The Hall–Kier alpha value is -4.08. The fourth-order valence-corrected chi connectivity index (χ4v) is 6.11. The number of aromatic nitrogens is 1. The predicted molar refractivity (Wildman–Crippen MR) is 160 cm³/mol. The average molecular weight is 592 g/mol. The number of likely N-dealkylation sites (N-methyl/N-ethyl adjacent to an activating group) is 1. The van der Waals surface area contributed by atoms with Crippen molar-refractivity contribution in [2.45, 2.75) is 26.8 Å². The molecular formula is C31H30ClN3O5S. The Morgan fingerprint density at radius 2 is 1.83 bits per heavy atom. The molecule has 1 amide bonds. The number of allylic oxidation sites excluding steroid dienone is 1. The van der Waals surface area contributed by atoms with Crippen LogP contribution in [-0.2, 0) is 4.79 Å². The SMILES string of the molecule is CCN(CC)C(=O)C1=C(C)N=c2s/c(=C/c3ccc(-c4ccc(Cl)cc4)o3)c(=O)n2[C@H]1c1cc(OC)ccc1OC. The molecule has 0 N–H and O–H groups in total. The molecule has 2 aromatic heterocycles. The summed E-state index contributed by atoms with van der Waals surface area (Å²) in [6, 6.07) is 15.6. The van der Waals surface area contributed by atoms with Crippen LogP contribution in [-0.4, -0.2) is 42.7 Å². The number of hydrogen-bond donors (Lipinski definition) is 0. The van der Waals surface area contributed by atoms with Crippen molar-refractivity contribution in [3.05, 3.63) is 102 Å². The summed E-state index contributed by atoms with van der Waals surface area (Å²) in [5, 5.41) is 0.637. The van der Waals surface area contributed by atoms with Crippen molar-refractivity contribution in [3.63, 3.8) is 0 Å². The van der Waals surface area contributed by atoms with Gasteiger partial charge in [0.05, 0.1) is 30.0 Å². The zero-order chi connectivity index (χ0) is 29.3. The molecule has 0 saturated heterocycles. The summed E-state index contributed by atoms with van der Waals surface area (Å²) in [7, 11) is 3.13. The van der Waals surface area contributed by atoms with Crippen LogP contribution in [0.15, 0.2) is 80.1 Å². The van der Waals surface area contributed by atoms with Crippen LogP contribution in [0.1, 0.15) is 38.1 Å². The number of thiazole rings is 1. The van der Waals surface area contributed by atoms with Gasteiger partial charge in [0.25, 0.3) is 11.5 Å². The van der Waals surface area contributed by atoms with Crippen molar-refractivity contribution >= 4 is 34.9 Å². The fourth-order valence-electron chi connectivity index (χ4n) is 4.95. The van der Waals surface area contributed by atoms with Crippen LogP contribution in [0.4, 0.5) is 0 Å². The third-order valence-electron chi connectivity index (χ3n) is 7.06. The zero-order valence-electron chi connectivity index (χ0n) is 23.4. The number of hydrogen-bond acceptors (Lipinski definition) is 7. The first kappa shape index (κ1) is 28.4. The minimum absolute atomic E-state index is 0.181. The van der Waals surface area contributed by atoms with Gasteiger partial charge in [-0.25, -0.2) is 4.99 Å². The number of ether oxygens (including phenoxy) is 2. The highest BCUT2D eigenvalue weighted by Gasteiger charge is 2.36. The Bertz CT molecular complexity index is 1810. The van der Waals surface area contributed by atoms with Gasteiger partial charge in [-0.15, -0.1) is 0 Å². The summed E-state index contributed by atoms with van der Waals surface area (Å²) in [6.07, 6.45) is 1.70. The van der Waals surface area contributed by atoms with Gasteiger partial charge in [0.15, 0.2) is 4.80 Å². The minimum Gasteiger partial charge on any atom is -0.497 e. The molecule has 2 aromatic carbocycles. The molecule has 0 bridgehead atoms. The third kappa shape index (κ3) is 5.35. The molecule has 1 aliphatic heterocycles. The number of carbonyl (C=O) groups excluding carboxylic acids is 1. The second-order valence-corrected chi connectivity index (χ2v) is 10.8. The maximum atomic E-state index is 14.1. The molecule has 10 heteroatoms. The number of carbonyl (C=O) groups is 1. The van der Waals surface area contributed by atoms with E-state index in [4.69, 9.17) is 30.5 Å². The molecule has 3 heterocycles. The second-order valence-electron chi connectivity index (χ2n) is 9.38. The monoisotopic (exact) mass is 591 g/mol. The molecule has 4 aromatic rings. The number of benzene rings is 2. The highest BCUT2D eigenvalue weighted by atomic mass is 35.5. The lowest BCUT2D eigenvalue weighted by atomic mass is 9.93. The van der Waals surface area contributed by atoms with Gasteiger partial charge in [0, 0.05) is 35.3 Å². The smallest absolute Gasteiger partial charge is 0.271 e. The number of methoxy groups -OCH3 is 2. The van der Waals surface area contributed by atoms with Gasteiger partial charge in [-0.2, -0.15) is 0 Å². The Morgan fingerprint density at radius 1 is 1.10 bits per heavy atom. The Labute approximate surface area is 246 Å². The topological polar surface area (TPSA) is 86.3 Å². The van der Waals surface area contributed by atoms with Crippen molar-refractivity contribution in [2.24, 2.45) is 4.99 Å². The van der Waals surface area contributed by atoms with Gasteiger partial charge >= 0.3 is 0 Å². The first-order valence-electron chi connectivity index (χ1n) is 13.2. The lowest BCUT2D eigenvalue weighted by Gasteiger charge is -2.30. The van der Waals surface area contributed by atoms with Crippen LogP contribution < -0.4 is 24.4 Å². The lowest BCUT2D eigenvalue weighted by Crippen LogP contribution is -2.43. The average Bonchev–Trinajstić information content (AvgIpc) is 3.57. The van der Waals surface area contributed by atoms with E-state index in [1.165, 1.54) is 11.3 Å². The number of halogens is 1. The molecule has 8 nitrogen and oxygen atoms in total. The van der Waals surface area contributed by atoms with Gasteiger partial charge in [-0.1, -0.05) is 22.9 Å². The van der Waals surface area contributed by atoms with Crippen molar-refractivity contribution in [1.29, 1.82) is 0 Å². The summed E-state index contributed by atoms with van der Waals surface area (Å²) in [6.45, 7) is 6.70. The van der Waals surface area contributed by atoms with Gasteiger partial charge < -0.3 is 18.8 Å². The van der Waals surface area contributed by atoms with Crippen LogP contribution in [0.3, 0.4) is 0 Å².